The lowest BCUT2D eigenvalue weighted by molar-refractivity contribution is 0.122. The number of nitrogens with zero attached hydrogens (tertiary/aromatic N) is 2. The van der Waals surface area contributed by atoms with Crippen molar-refractivity contribution in [2.24, 2.45) is 10.4 Å². The number of guanidine groups is 1. The second-order valence-electron chi connectivity index (χ2n) is 8.30. The van der Waals surface area contributed by atoms with Crippen LogP contribution < -0.4 is 15.5 Å². The minimum Gasteiger partial charge on any atom is -0.378 e. The Morgan fingerprint density at radius 2 is 1.89 bits per heavy atom. The van der Waals surface area contributed by atoms with Crippen LogP contribution in [0.25, 0.3) is 0 Å². The van der Waals surface area contributed by atoms with Crippen molar-refractivity contribution < 1.29 is 4.74 Å². The molecule has 0 spiro atoms. The van der Waals surface area contributed by atoms with Gasteiger partial charge in [-0.15, -0.1) is 24.0 Å². The summed E-state index contributed by atoms with van der Waals surface area (Å²) in [5.74, 6) is 0.864. The van der Waals surface area contributed by atoms with E-state index < -0.39 is 0 Å². The monoisotopic (exact) mass is 488 g/mol. The summed E-state index contributed by atoms with van der Waals surface area (Å²) in [6, 6.07) is 8.99. The van der Waals surface area contributed by atoms with E-state index in [1.165, 1.54) is 17.7 Å². The average Bonchev–Trinajstić information content (AvgIpc) is 2.64. The first-order valence-corrected chi connectivity index (χ1v) is 9.77. The van der Waals surface area contributed by atoms with Crippen LogP contribution in [0.2, 0.25) is 0 Å². The molecule has 1 aromatic carbocycles. The third-order valence-electron chi connectivity index (χ3n) is 4.72. The number of aliphatic imine (C=N–C) groups is 1. The van der Waals surface area contributed by atoms with Gasteiger partial charge in [-0.25, -0.2) is 0 Å². The van der Waals surface area contributed by atoms with Gasteiger partial charge in [-0.2, -0.15) is 0 Å². The summed E-state index contributed by atoms with van der Waals surface area (Å²) in [6.07, 6.45) is 2.33. The summed E-state index contributed by atoms with van der Waals surface area (Å²) in [7, 11) is 1.83. The molecule has 154 valence electrons. The molecule has 1 atom stereocenters. The minimum absolute atomic E-state index is 0. The molecule has 1 heterocycles. The summed E-state index contributed by atoms with van der Waals surface area (Å²) in [5, 5.41) is 6.99. The van der Waals surface area contributed by atoms with Crippen molar-refractivity contribution in [1.82, 2.24) is 10.6 Å². The van der Waals surface area contributed by atoms with Gasteiger partial charge in [-0.1, -0.05) is 39.0 Å². The van der Waals surface area contributed by atoms with E-state index in [4.69, 9.17) is 4.74 Å². The molecular formula is C21H37IN4O. The van der Waals surface area contributed by atoms with Crippen molar-refractivity contribution in [2.45, 2.75) is 53.1 Å². The molecule has 0 radical (unpaired) electrons. The molecule has 0 saturated carbocycles. The van der Waals surface area contributed by atoms with E-state index in [0.717, 1.165) is 45.2 Å². The van der Waals surface area contributed by atoms with Gasteiger partial charge >= 0.3 is 0 Å². The number of halogens is 1. The minimum atomic E-state index is 0. The first-order chi connectivity index (χ1) is 12.4. The van der Waals surface area contributed by atoms with E-state index in [1.807, 2.05) is 7.05 Å². The number of hydrogen-bond donors (Lipinski definition) is 2. The van der Waals surface area contributed by atoms with Crippen LogP contribution >= 0.6 is 24.0 Å². The van der Waals surface area contributed by atoms with Gasteiger partial charge in [-0.3, -0.25) is 4.99 Å². The number of benzene rings is 1. The predicted octanol–water partition coefficient (Wildman–Crippen LogP) is 4.02. The molecule has 27 heavy (non-hydrogen) atoms. The molecule has 0 bridgehead atoms. The number of rotatable bonds is 6. The topological polar surface area (TPSA) is 48.9 Å². The van der Waals surface area contributed by atoms with Crippen LogP contribution in [0, 0.1) is 5.41 Å². The SMILES string of the molecule is CN=C(NCc1ccccc1N1CCOCC1)NC(C)CCC(C)(C)C.I. The molecule has 1 aromatic rings. The Morgan fingerprint density at radius 1 is 1.22 bits per heavy atom. The largest absolute Gasteiger partial charge is 0.378 e. The molecule has 1 fully saturated rings. The quantitative estimate of drug-likeness (QED) is 0.361. The number of morpholine rings is 1. The first-order valence-electron chi connectivity index (χ1n) is 9.77. The van der Waals surface area contributed by atoms with Crippen LogP contribution in [-0.2, 0) is 11.3 Å². The zero-order chi connectivity index (χ0) is 19.0. The average molecular weight is 488 g/mol. The number of anilines is 1. The summed E-state index contributed by atoms with van der Waals surface area (Å²) >= 11 is 0. The maximum Gasteiger partial charge on any atom is 0.191 e. The standard InChI is InChI=1S/C21H36N4O.HI/c1-17(10-11-21(2,3)4)24-20(22-5)23-16-18-8-6-7-9-19(18)25-12-14-26-15-13-25;/h6-9,17H,10-16H2,1-5H3,(H2,22,23,24);1H. The Balaban J connectivity index is 0.00000364. The molecule has 1 unspecified atom stereocenters. The summed E-state index contributed by atoms with van der Waals surface area (Å²) in [5.41, 5.74) is 2.95. The van der Waals surface area contributed by atoms with Crippen LogP contribution in [0.5, 0.6) is 0 Å². The van der Waals surface area contributed by atoms with E-state index in [0.29, 0.717) is 11.5 Å². The molecule has 5 nitrogen and oxygen atoms in total. The molecule has 2 N–H and O–H groups in total. The van der Waals surface area contributed by atoms with Crippen LogP contribution in [0.1, 0.15) is 46.1 Å². The molecule has 1 saturated heterocycles. The molecule has 0 aliphatic carbocycles. The molecule has 6 heteroatoms. The molecule has 1 aliphatic heterocycles. The summed E-state index contributed by atoms with van der Waals surface area (Å²) in [6.45, 7) is 13.4. The van der Waals surface area contributed by atoms with Crippen LogP contribution in [0.3, 0.4) is 0 Å². The maximum atomic E-state index is 5.48. The normalized spacial score (nSPS) is 16.5. The van der Waals surface area contributed by atoms with E-state index in [-0.39, 0.29) is 24.0 Å². The highest BCUT2D eigenvalue weighted by Crippen LogP contribution is 2.22. The third kappa shape index (κ3) is 8.68. The van der Waals surface area contributed by atoms with E-state index in [2.05, 4.69) is 72.5 Å². The lowest BCUT2D eigenvalue weighted by Gasteiger charge is -2.31. The van der Waals surface area contributed by atoms with E-state index >= 15 is 0 Å². The zero-order valence-electron chi connectivity index (χ0n) is 17.5. The first kappa shape index (κ1) is 24.0. The van der Waals surface area contributed by atoms with Crippen LogP contribution in [0.15, 0.2) is 29.3 Å². The second-order valence-corrected chi connectivity index (χ2v) is 8.30. The van der Waals surface area contributed by atoms with Gasteiger partial charge in [0, 0.05) is 38.4 Å². The Kier molecular flexibility index (Phi) is 10.4. The second kappa shape index (κ2) is 11.7. The fourth-order valence-corrected chi connectivity index (χ4v) is 3.10. The Bertz CT molecular complexity index is 580. The number of ether oxygens (including phenoxy) is 1. The predicted molar refractivity (Wildman–Crippen MR) is 126 cm³/mol. The van der Waals surface area contributed by atoms with E-state index in [1.54, 1.807) is 0 Å². The fourth-order valence-electron chi connectivity index (χ4n) is 3.10. The number of nitrogens with one attached hydrogen (secondary N) is 2. The van der Waals surface area contributed by atoms with Crippen molar-refractivity contribution in [3.05, 3.63) is 29.8 Å². The van der Waals surface area contributed by atoms with Crippen LogP contribution in [0.4, 0.5) is 5.69 Å². The summed E-state index contributed by atoms with van der Waals surface area (Å²) in [4.78, 5) is 6.80. The van der Waals surface area contributed by atoms with Gasteiger partial charge in [0.05, 0.1) is 13.2 Å². The van der Waals surface area contributed by atoms with Crippen molar-refractivity contribution in [3.63, 3.8) is 0 Å². The Labute approximate surface area is 182 Å². The van der Waals surface area contributed by atoms with Crippen molar-refractivity contribution >= 4 is 35.6 Å². The molecule has 2 rings (SSSR count). The fraction of sp³-hybridized carbons (Fsp3) is 0.667. The lowest BCUT2D eigenvalue weighted by atomic mass is 9.89. The maximum absolute atomic E-state index is 5.48. The van der Waals surface area contributed by atoms with Gasteiger partial charge in [0.25, 0.3) is 0 Å². The Morgan fingerprint density at radius 3 is 2.52 bits per heavy atom. The van der Waals surface area contributed by atoms with E-state index in [9.17, 15) is 0 Å². The smallest absolute Gasteiger partial charge is 0.191 e. The van der Waals surface area contributed by atoms with Gasteiger partial charge < -0.3 is 20.3 Å². The number of para-hydroxylation sites is 1. The molecule has 0 amide bonds. The molecular weight excluding hydrogens is 451 g/mol. The summed E-state index contributed by atoms with van der Waals surface area (Å²) < 4.78 is 5.48. The lowest BCUT2D eigenvalue weighted by Crippen LogP contribution is -2.42. The number of hydrogen-bond acceptors (Lipinski definition) is 3. The van der Waals surface area contributed by atoms with Gasteiger partial charge in [0.2, 0.25) is 0 Å². The van der Waals surface area contributed by atoms with Crippen LogP contribution in [-0.4, -0.2) is 45.4 Å². The highest BCUT2D eigenvalue weighted by molar-refractivity contribution is 14.0. The third-order valence-corrected chi connectivity index (χ3v) is 4.72. The van der Waals surface area contributed by atoms with Gasteiger partial charge in [-0.05, 0) is 36.8 Å². The van der Waals surface area contributed by atoms with Gasteiger partial charge in [0.1, 0.15) is 0 Å². The zero-order valence-corrected chi connectivity index (χ0v) is 19.9. The Hall–Kier alpha value is -1.02. The van der Waals surface area contributed by atoms with Crippen molar-refractivity contribution in [2.75, 3.05) is 38.3 Å². The van der Waals surface area contributed by atoms with Crippen molar-refractivity contribution in [1.29, 1.82) is 0 Å². The highest BCUT2D eigenvalue weighted by atomic mass is 127. The van der Waals surface area contributed by atoms with Gasteiger partial charge in [0.15, 0.2) is 5.96 Å². The highest BCUT2D eigenvalue weighted by Gasteiger charge is 2.16. The molecule has 1 aliphatic rings. The van der Waals surface area contributed by atoms with Crippen molar-refractivity contribution in [3.8, 4) is 0 Å². The molecule has 0 aromatic heterocycles.